The standard InChI is InChI=1S/C12H13Cl2FO3S/c1-6(2)19(18)10-7(3)8(11(16)17)4-5-9(10)12(13,14)15/h4-6H,1-3H3,(H,16,17)/t19-/m0/s1. The number of benzene rings is 1. The highest BCUT2D eigenvalue weighted by molar-refractivity contribution is 7.85. The first-order valence-electron chi connectivity index (χ1n) is 5.42. The lowest BCUT2D eigenvalue weighted by molar-refractivity contribution is 0.0695. The van der Waals surface area contributed by atoms with Crippen molar-refractivity contribution in [1.29, 1.82) is 0 Å². The molecule has 7 heteroatoms. The minimum atomic E-state index is -2.72. The number of carbonyl (C=O) groups is 1. The molecule has 0 spiro atoms. The molecule has 1 aromatic rings. The summed E-state index contributed by atoms with van der Waals surface area (Å²) in [7, 11) is -1.60. The van der Waals surface area contributed by atoms with Crippen LogP contribution < -0.4 is 0 Å². The van der Waals surface area contributed by atoms with Gasteiger partial charge in [-0.2, -0.15) is 0 Å². The Balaban J connectivity index is 3.65. The van der Waals surface area contributed by atoms with Gasteiger partial charge in [-0.3, -0.25) is 4.21 Å². The van der Waals surface area contributed by atoms with Crippen molar-refractivity contribution in [3.05, 3.63) is 28.8 Å². The summed E-state index contributed by atoms with van der Waals surface area (Å²) in [5, 5.41) is 8.72. The normalized spacial score (nSPS) is 13.6. The van der Waals surface area contributed by atoms with Crippen molar-refractivity contribution in [2.75, 3.05) is 0 Å². The van der Waals surface area contributed by atoms with Gasteiger partial charge in [0.1, 0.15) is 0 Å². The summed E-state index contributed by atoms with van der Waals surface area (Å²) in [6.45, 7) is 4.81. The van der Waals surface area contributed by atoms with Crippen molar-refractivity contribution in [1.82, 2.24) is 0 Å². The summed E-state index contributed by atoms with van der Waals surface area (Å²) in [6.07, 6.45) is 0. The quantitative estimate of drug-likeness (QED) is 0.857. The Morgan fingerprint density at radius 3 is 2.32 bits per heavy atom. The smallest absolute Gasteiger partial charge is 0.335 e. The number of carboxylic acid groups (broad SMARTS) is 1. The first-order chi connectivity index (χ1) is 8.57. The molecule has 0 amide bonds. The molecule has 3 nitrogen and oxygen atoms in total. The highest BCUT2D eigenvalue weighted by atomic mass is 35.5. The van der Waals surface area contributed by atoms with E-state index in [-0.39, 0.29) is 26.8 Å². The molecule has 0 aromatic heterocycles. The Morgan fingerprint density at radius 1 is 1.42 bits per heavy atom. The predicted octanol–water partition coefficient (Wildman–Crippen LogP) is 3.77. The Kier molecular flexibility index (Phi) is 4.98. The summed E-state index contributed by atoms with van der Waals surface area (Å²) in [4.78, 5) is 11.1. The Bertz CT molecular complexity index is 539. The maximum atomic E-state index is 13.8. The molecule has 1 rings (SSSR count). The van der Waals surface area contributed by atoms with Crippen LogP contribution >= 0.6 is 23.2 Å². The Hall–Kier alpha value is -0.650. The summed E-state index contributed by atoms with van der Waals surface area (Å²) in [5.74, 6) is -1.18. The van der Waals surface area contributed by atoms with E-state index in [0.717, 1.165) is 6.07 Å². The number of hydrogen-bond acceptors (Lipinski definition) is 2. The number of halogens is 3. The molecule has 0 fully saturated rings. The lowest BCUT2D eigenvalue weighted by atomic mass is 10.1. The van der Waals surface area contributed by atoms with E-state index in [4.69, 9.17) is 28.3 Å². The van der Waals surface area contributed by atoms with Gasteiger partial charge in [-0.15, -0.1) is 0 Å². The van der Waals surface area contributed by atoms with Gasteiger partial charge in [0, 0.05) is 10.8 Å². The van der Waals surface area contributed by atoms with E-state index in [0.29, 0.717) is 0 Å². The fraction of sp³-hybridized carbons (Fsp3) is 0.417. The first-order valence-corrected chi connectivity index (χ1v) is 7.39. The predicted molar refractivity (Wildman–Crippen MR) is 74.2 cm³/mol. The molecule has 0 radical (unpaired) electrons. The number of aromatic carboxylic acids is 1. The van der Waals surface area contributed by atoms with Crippen LogP contribution in [0.15, 0.2) is 17.0 Å². The fourth-order valence-electron chi connectivity index (χ4n) is 1.64. The van der Waals surface area contributed by atoms with Gasteiger partial charge in [0.25, 0.3) is 4.59 Å². The molecule has 0 unspecified atom stereocenters. The van der Waals surface area contributed by atoms with Gasteiger partial charge in [-0.25, -0.2) is 9.18 Å². The van der Waals surface area contributed by atoms with Gasteiger partial charge >= 0.3 is 5.97 Å². The van der Waals surface area contributed by atoms with Crippen LogP contribution in [0.2, 0.25) is 0 Å². The summed E-state index contributed by atoms with van der Waals surface area (Å²) < 4.78 is 23.3. The van der Waals surface area contributed by atoms with Gasteiger partial charge in [0.05, 0.1) is 21.3 Å². The van der Waals surface area contributed by atoms with Gasteiger partial charge in [0.2, 0.25) is 0 Å². The van der Waals surface area contributed by atoms with E-state index in [2.05, 4.69) is 0 Å². The van der Waals surface area contributed by atoms with Crippen LogP contribution in [0.25, 0.3) is 0 Å². The maximum absolute atomic E-state index is 13.8. The molecule has 0 aliphatic carbocycles. The zero-order chi connectivity index (χ0) is 15.0. The van der Waals surface area contributed by atoms with E-state index in [1.807, 2.05) is 0 Å². The molecule has 1 N–H and O–H groups in total. The number of rotatable bonds is 4. The molecule has 0 saturated heterocycles. The number of hydrogen-bond donors (Lipinski definition) is 1. The first kappa shape index (κ1) is 16.4. The van der Waals surface area contributed by atoms with Crippen molar-refractivity contribution >= 4 is 40.0 Å². The van der Waals surface area contributed by atoms with Crippen LogP contribution in [0.4, 0.5) is 4.39 Å². The van der Waals surface area contributed by atoms with Crippen molar-refractivity contribution in [3.63, 3.8) is 0 Å². The Morgan fingerprint density at radius 2 is 1.95 bits per heavy atom. The van der Waals surface area contributed by atoms with E-state index in [9.17, 15) is 13.4 Å². The molecule has 1 aromatic carbocycles. The second-order valence-corrected chi connectivity index (χ2v) is 7.44. The van der Waals surface area contributed by atoms with E-state index >= 15 is 0 Å². The summed E-state index contributed by atoms with van der Waals surface area (Å²) >= 11 is 10.9. The minimum Gasteiger partial charge on any atom is -0.478 e. The van der Waals surface area contributed by atoms with Crippen molar-refractivity contribution in [3.8, 4) is 0 Å². The van der Waals surface area contributed by atoms with Crippen molar-refractivity contribution in [2.45, 2.75) is 35.5 Å². The van der Waals surface area contributed by atoms with E-state index < -0.39 is 21.4 Å². The van der Waals surface area contributed by atoms with Crippen LogP contribution in [0, 0.1) is 6.92 Å². The van der Waals surface area contributed by atoms with Gasteiger partial charge in [0.15, 0.2) is 0 Å². The van der Waals surface area contributed by atoms with Crippen molar-refractivity contribution < 1.29 is 18.5 Å². The summed E-state index contributed by atoms with van der Waals surface area (Å²) in [5.41, 5.74) is -0.0175. The van der Waals surface area contributed by atoms with Gasteiger partial charge < -0.3 is 5.11 Å². The van der Waals surface area contributed by atoms with Gasteiger partial charge in [-0.1, -0.05) is 43.1 Å². The fourth-order valence-corrected chi connectivity index (χ4v) is 3.38. The van der Waals surface area contributed by atoms with Crippen LogP contribution in [0.5, 0.6) is 0 Å². The Labute approximate surface area is 123 Å². The van der Waals surface area contributed by atoms with E-state index in [1.54, 1.807) is 13.8 Å². The molecule has 0 saturated carbocycles. The average Bonchev–Trinajstić information content (AvgIpc) is 2.25. The zero-order valence-corrected chi connectivity index (χ0v) is 12.9. The van der Waals surface area contributed by atoms with Crippen LogP contribution in [-0.4, -0.2) is 20.5 Å². The molecular formula is C12H13Cl2FO3S. The second-order valence-electron chi connectivity index (χ2n) is 4.26. The molecular weight excluding hydrogens is 314 g/mol. The van der Waals surface area contributed by atoms with Crippen molar-refractivity contribution in [2.24, 2.45) is 0 Å². The SMILES string of the molecule is Cc1c(C(=O)O)ccc(C(F)(Cl)Cl)c1[S@@](=O)C(C)C. The topological polar surface area (TPSA) is 54.4 Å². The van der Waals surface area contributed by atoms with Crippen LogP contribution in [0.1, 0.15) is 35.3 Å². The maximum Gasteiger partial charge on any atom is 0.335 e. The third-order valence-electron chi connectivity index (χ3n) is 2.57. The highest BCUT2D eigenvalue weighted by Gasteiger charge is 2.33. The lowest BCUT2D eigenvalue weighted by Crippen LogP contribution is -2.17. The lowest BCUT2D eigenvalue weighted by Gasteiger charge is -2.19. The number of alkyl halides is 3. The van der Waals surface area contributed by atoms with Crippen LogP contribution in [0.3, 0.4) is 0 Å². The average molecular weight is 327 g/mol. The highest BCUT2D eigenvalue weighted by Crippen LogP contribution is 2.40. The summed E-state index contributed by atoms with van der Waals surface area (Å²) in [6, 6.07) is 2.36. The third kappa shape index (κ3) is 3.46. The van der Waals surface area contributed by atoms with Crippen LogP contribution in [-0.2, 0) is 15.4 Å². The van der Waals surface area contributed by atoms with E-state index in [1.165, 1.54) is 13.0 Å². The molecule has 0 bridgehead atoms. The molecule has 19 heavy (non-hydrogen) atoms. The number of carboxylic acids is 1. The minimum absolute atomic E-state index is 0.0439. The van der Waals surface area contributed by atoms with Gasteiger partial charge in [-0.05, 0) is 18.6 Å². The molecule has 0 aliphatic heterocycles. The largest absolute Gasteiger partial charge is 0.478 e. The third-order valence-corrected chi connectivity index (χ3v) is 4.76. The zero-order valence-electron chi connectivity index (χ0n) is 10.5. The monoisotopic (exact) mass is 326 g/mol. The molecule has 106 valence electrons. The second kappa shape index (κ2) is 5.77. The molecule has 0 aliphatic rings. The molecule has 1 atom stereocenters. The molecule has 0 heterocycles.